The van der Waals surface area contributed by atoms with Crippen LogP contribution in [0.3, 0.4) is 0 Å². The van der Waals surface area contributed by atoms with E-state index in [1.54, 1.807) is 21.3 Å². The van der Waals surface area contributed by atoms with Crippen molar-refractivity contribution >= 4 is 17.6 Å². The summed E-state index contributed by atoms with van der Waals surface area (Å²) in [5.74, 6) is 0. The van der Waals surface area contributed by atoms with Gasteiger partial charge in [-0.05, 0) is 34.6 Å². The normalized spacial score (nSPS) is 21.8. The van der Waals surface area contributed by atoms with Crippen molar-refractivity contribution in [3.05, 3.63) is 0 Å². The van der Waals surface area contributed by atoms with Gasteiger partial charge in [0, 0.05) is 53.2 Å². The van der Waals surface area contributed by atoms with Gasteiger partial charge in [-0.25, -0.2) is 0 Å². The first-order chi connectivity index (χ1) is 15.8. The molecule has 4 unspecified atom stereocenters. The van der Waals surface area contributed by atoms with Crippen LogP contribution in [0.1, 0.15) is 34.6 Å². The molecule has 0 bridgehead atoms. The zero-order valence-electron chi connectivity index (χ0n) is 21.8. The predicted molar refractivity (Wildman–Crippen MR) is 127 cm³/mol. The predicted octanol–water partition coefficient (Wildman–Crippen LogP) is 2.51. The Morgan fingerprint density at radius 1 is 0.667 bits per heavy atom. The third-order valence-electron chi connectivity index (χ3n) is 5.04. The molecule has 0 aliphatic carbocycles. The molecule has 10 nitrogen and oxygen atoms in total. The Morgan fingerprint density at radius 3 is 1.27 bits per heavy atom. The third kappa shape index (κ3) is 13.1. The molecule has 0 aromatic heterocycles. The summed E-state index contributed by atoms with van der Waals surface area (Å²) < 4.78 is 54.8. The maximum absolute atomic E-state index is 5.79. The Bertz CT molecular complexity index is 464. The fraction of sp³-hybridized carbons (Fsp3) is 1.00. The molecule has 33 heavy (non-hydrogen) atoms. The van der Waals surface area contributed by atoms with Gasteiger partial charge < -0.3 is 45.5 Å². The molecular weight excluding hydrogens is 468 g/mol. The SMILES string of the molecule is CCO[Si](CC(C)OCC1CO1)(OCC)OCC.CO[Si](CC(C)OCC1CO1)(OC)OC. The Kier molecular flexibility index (Phi) is 15.7. The Morgan fingerprint density at radius 2 is 1.00 bits per heavy atom. The van der Waals surface area contributed by atoms with E-state index < -0.39 is 17.6 Å². The number of epoxide rings is 2. The molecule has 0 amide bonds. The summed E-state index contributed by atoms with van der Waals surface area (Å²) in [7, 11) is -0.253. The molecule has 0 radical (unpaired) electrons. The topological polar surface area (TPSA) is 98.9 Å². The third-order valence-corrected chi connectivity index (χ3v) is 11.2. The van der Waals surface area contributed by atoms with Crippen LogP contribution in [0.15, 0.2) is 0 Å². The second kappa shape index (κ2) is 16.7. The van der Waals surface area contributed by atoms with E-state index in [1.165, 1.54) is 0 Å². The molecule has 4 atom stereocenters. The molecule has 2 fully saturated rings. The maximum Gasteiger partial charge on any atom is 0.503 e. The van der Waals surface area contributed by atoms with Crippen molar-refractivity contribution in [1.29, 1.82) is 0 Å². The van der Waals surface area contributed by atoms with E-state index in [9.17, 15) is 0 Å². The van der Waals surface area contributed by atoms with Gasteiger partial charge in [-0.3, -0.25) is 0 Å². The minimum atomic E-state index is -2.58. The van der Waals surface area contributed by atoms with E-state index in [1.807, 2.05) is 34.6 Å². The zero-order chi connectivity index (χ0) is 24.7. The summed E-state index contributed by atoms with van der Waals surface area (Å²) in [5.41, 5.74) is 0. The Balaban J connectivity index is 0.000000335. The van der Waals surface area contributed by atoms with Crippen molar-refractivity contribution in [2.75, 3.05) is 67.6 Å². The Hall–Kier alpha value is 0.0338. The molecule has 0 aromatic carbocycles. The highest BCUT2D eigenvalue weighted by atomic mass is 28.4. The summed E-state index contributed by atoms with van der Waals surface area (Å²) in [6.45, 7) is 14.6. The van der Waals surface area contributed by atoms with Crippen LogP contribution in [0.5, 0.6) is 0 Å². The average Bonchev–Trinajstić information content (AvgIpc) is 3.71. The van der Waals surface area contributed by atoms with Gasteiger partial charge in [0.1, 0.15) is 12.2 Å². The molecule has 2 aliphatic rings. The van der Waals surface area contributed by atoms with E-state index in [4.69, 9.17) is 45.5 Å². The summed E-state index contributed by atoms with van der Waals surface area (Å²) in [5, 5.41) is 0. The fourth-order valence-electron chi connectivity index (χ4n) is 3.16. The molecule has 198 valence electrons. The van der Waals surface area contributed by atoms with Crippen LogP contribution in [-0.4, -0.2) is 110 Å². The highest BCUT2D eigenvalue weighted by Crippen LogP contribution is 2.21. The molecule has 0 saturated carbocycles. The molecular formula is C21H46O10Si2. The average molecular weight is 515 g/mol. The molecule has 0 spiro atoms. The summed E-state index contributed by atoms with van der Waals surface area (Å²) in [4.78, 5) is 0. The lowest BCUT2D eigenvalue weighted by Gasteiger charge is -2.30. The molecule has 0 N–H and O–H groups in total. The standard InChI is InChI=1S/C12H26O5Si.C9H20O5Si/c1-5-15-18(16-6-2,17-7-3)10-11(4)13-8-12-9-14-12;1-8(13-5-9-6-14-9)7-15(10-2,11-3)12-4/h11-12H,5-10H2,1-4H3;8-9H,5-7H2,1-4H3. The van der Waals surface area contributed by atoms with Gasteiger partial charge in [0.25, 0.3) is 0 Å². The minimum absolute atomic E-state index is 0.0562. The van der Waals surface area contributed by atoms with Crippen LogP contribution in [0.4, 0.5) is 0 Å². The highest BCUT2D eigenvalue weighted by molar-refractivity contribution is 6.61. The van der Waals surface area contributed by atoms with E-state index in [0.717, 1.165) is 13.2 Å². The maximum atomic E-state index is 5.79. The number of hydrogen-bond donors (Lipinski definition) is 0. The quantitative estimate of drug-likeness (QED) is 0.189. The second-order valence-corrected chi connectivity index (χ2v) is 13.5. The van der Waals surface area contributed by atoms with E-state index in [2.05, 4.69) is 0 Å². The van der Waals surface area contributed by atoms with Crippen molar-refractivity contribution in [2.24, 2.45) is 0 Å². The van der Waals surface area contributed by atoms with Crippen LogP contribution < -0.4 is 0 Å². The van der Waals surface area contributed by atoms with Crippen LogP contribution >= 0.6 is 0 Å². The van der Waals surface area contributed by atoms with Crippen LogP contribution in [0.25, 0.3) is 0 Å². The number of ether oxygens (including phenoxy) is 4. The van der Waals surface area contributed by atoms with Crippen LogP contribution in [0, 0.1) is 0 Å². The summed E-state index contributed by atoms with van der Waals surface area (Å²) in [6, 6.07) is 1.35. The number of rotatable bonds is 19. The van der Waals surface area contributed by atoms with Crippen molar-refractivity contribution in [2.45, 2.75) is 71.1 Å². The second-order valence-electron chi connectivity index (χ2n) is 7.88. The van der Waals surface area contributed by atoms with Gasteiger partial charge in [0.2, 0.25) is 0 Å². The van der Waals surface area contributed by atoms with E-state index in [-0.39, 0.29) is 24.4 Å². The van der Waals surface area contributed by atoms with E-state index >= 15 is 0 Å². The molecule has 2 rings (SSSR count). The lowest BCUT2D eigenvalue weighted by atomic mass is 10.4. The first kappa shape index (κ1) is 31.1. The number of hydrogen-bond acceptors (Lipinski definition) is 10. The van der Waals surface area contributed by atoms with Crippen molar-refractivity contribution in [1.82, 2.24) is 0 Å². The van der Waals surface area contributed by atoms with Crippen molar-refractivity contribution in [3.8, 4) is 0 Å². The van der Waals surface area contributed by atoms with Gasteiger partial charge in [-0.2, -0.15) is 0 Å². The van der Waals surface area contributed by atoms with Gasteiger partial charge in [0.05, 0.1) is 38.6 Å². The molecule has 2 aliphatic heterocycles. The van der Waals surface area contributed by atoms with Gasteiger partial charge in [0.15, 0.2) is 0 Å². The summed E-state index contributed by atoms with van der Waals surface area (Å²) in [6.07, 6.45) is 0.692. The largest absolute Gasteiger partial charge is 0.503 e. The van der Waals surface area contributed by atoms with Gasteiger partial charge >= 0.3 is 17.6 Å². The van der Waals surface area contributed by atoms with Gasteiger partial charge in [-0.1, -0.05) is 0 Å². The first-order valence-corrected chi connectivity index (χ1v) is 15.7. The van der Waals surface area contributed by atoms with Crippen LogP contribution in [-0.2, 0) is 45.5 Å². The van der Waals surface area contributed by atoms with Crippen LogP contribution in [0.2, 0.25) is 12.1 Å². The Labute approximate surface area is 202 Å². The smallest absolute Gasteiger partial charge is 0.377 e. The van der Waals surface area contributed by atoms with Crippen molar-refractivity contribution in [3.63, 3.8) is 0 Å². The lowest BCUT2D eigenvalue weighted by molar-refractivity contribution is 0.0280. The van der Waals surface area contributed by atoms with Crippen molar-refractivity contribution < 1.29 is 45.5 Å². The molecule has 2 heterocycles. The zero-order valence-corrected chi connectivity index (χ0v) is 23.8. The highest BCUT2D eigenvalue weighted by Gasteiger charge is 2.43. The molecule has 0 aromatic rings. The monoisotopic (exact) mass is 514 g/mol. The first-order valence-electron chi connectivity index (χ1n) is 11.8. The molecule has 12 heteroatoms. The lowest BCUT2D eigenvalue weighted by Crippen LogP contribution is -2.48. The fourth-order valence-corrected chi connectivity index (χ4v) is 7.72. The van der Waals surface area contributed by atoms with E-state index in [0.29, 0.717) is 45.1 Å². The van der Waals surface area contributed by atoms with Gasteiger partial charge in [-0.15, -0.1) is 0 Å². The minimum Gasteiger partial charge on any atom is -0.377 e. The molecule has 2 saturated heterocycles. The summed E-state index contributed by atoms with van der Waals surface area (Å²) >= 11 is 0.